The van der Waals surface area contributed by atoms with E-state index in [9.17, 15) is 4.79 Å². The summed E-state index contributed by atoms with van der Waals surface area (Å²) in [5, 5.41) is 6.31. The van der Waals surface area contributed by atoms with Gasteiger partial charge in [-0.15, -0.1) is 0 Å². The lowest BCUT2D eigenvalue weighted by atomic mass is 9.88. The molecule has 0 unspecified atom stereocenters. The molecule has 0 saturated carbocycles. The van der Waals surface area contributed by atoms with E-state index in [0.717, 1.165) is 25.9 Å². The van der Waals surface area contributed by atoms with Crippen molar-refractivity contribution in [3.63, 3.8) is 0 Å². The number of amides is 1. The number of alkyl carbamates (subject to hydrolysis) is 1. The van der Waals surface area contributed by atoms with Crippen LogP contribution in [0.25, 0.3) is 0 Å². The number of carbonyl (C=O) groups excluding carboxylic acids is 1. The van der Waals surface area contributed by atoms with Gasteiger partial charge in [0.15, 0.2) is 0 Å². The van der Waals surface area contributed by atoms with Crippen LogP contribution < -0.4 is 10.6 Å². The Morgan fingerprint density at radius 1 is 1.33 bits per heavy atom. The molecule has 0 aliphatic carbocycles. The van der Waals surface area contributed by atoms with E-state index in [0.29, 0.717) is 12.5 Å². The third-order valence-corrected chi connectivity index (χ3v) is 3.57. The molecule has 0 bridgehead atoms. The fourth-order valence-electron chi connectivity index (χ4n) is 2.57. The Hall–Kier alpha value is -1.30. The number of aliphatic imine (C=N–C) groups is 1. The maximum atomic E-state index is 12.2. The normalized spacial score (nSPS) is 24.0. The first-order valence-corrected chi connectivity index (χ1v) is 7.57. The Kier molecular flexibility index (Phi) is 4.19. The van der Waals surface area contributed by atoms with Crippen molar-refractivity contribution in [3.8, 4) is 0 Å². The first kappa shape index (κ1) is 16.1. The molecule has 2 N–H and O–H groups in total. The highest BCUT2D eigenvalue weighted by atomic mass is 16.6. The third kappa shape index (κ3) is 4.09. The second-order valence-electron chi connectivity index (χ2n) is 7.48. The molecule has 0 aromatic heterocycles. The summed E-state index contributed by atoms with van der Waals surface area (Å²) >= 11 is 0. The zero-order valence-corrected chi connectivity index (χ0v) is 13.7. The molecule has 1 fully saturated rings. The lowest BCUT2D eigenvalue weighted by Crippen LogP contribution is -2.60. The monoisotopic (exact) mass is 297 g/mol. The van der Waals surface area contributed by atoms with Gasteiger partial charge in [-0.25, -0.2) is 9.79 Å². The first-order valence-electron chi connectivity index (χ1n) is 7.57. The topological polar surface area (TPSA) is 72.0 Å². The van der Waals surface area contributed by atoms with E-state index >= 15 is 0 Å². The number of carbonyl (C=O) groups is 1. The highest BCUT2D eigenvalue weighted by Gasteiger charge is 2.45. The molecule has 0 atom stereocenters. The third-order valence-electron chi connectivity index (χ3n) is 3.57. The van der Waals surface area contributed by atoms with Gasteiger partial charge < -0.3 is 20.1 Å². The first-order chi connectivity index (χ1) is 9.62. The molecule has 1 amide bonds. The maximum absolute atomic E-state index is 12.2. The van der Waals surface area contributed by atoms with E-state index in [1.54, 1.807) is 0 Å². The Morgan fingerprint density at radius 3 is 2.43 bits per heavy atom. The van der Waals surface area contributed by atoms with Crippen molar-refractivity contribution < 1.29 is 14.3 Å². The van der Waals surface area contributed by atoms with Gasteiger partial charge in [-0.1, -0.05) is 0 Å². The molecule has 0 aromatic carbocycles. The minimum absolute atomic E-state index is 0.233. The minimum Gasteiger partial charge on any atom is -0.477 e. The Labute approximate surface area is 126 Å². The van der Waals surface area contributed by atoms with Crippen LogP contribution in [0.2, 0.25) is 0 Å². The molecule has 6 heteroatoms. The van der Waals surface area contributed by atoms with Crippen molar-refractivity contribution in [3.05, 3.63) is 0 Å². The molecule has 6 nitrogen and oxygen atoms in total. The fraction of sp³-hybridized carbons (Fsp3) is 0.867. The molecule has 2 aliphatic rings. The van der Waals surface area contributed by atoms with Crippen molar-refractivity contribution in [2.75, 3.05) is 19.7 Å². The van der Waals surface area contributed by atoms with E-state index in [1.807, 2.05) is 34.6 Å². The van der Waals surface area contributed by atoms with Gasteiger partial charge in [-0.3, -0.25) is 0 Å². The second kappa shape index (κ2) is 5.48. The number of hydrogen-bond donors (Lipinski definition) is 2. The molecule has 2 heterocycles. The average Bonchev–Trinajstić information content (AvgIpc) is 2.69. The highest BCUT2D eigenvalue weighted by Crippen LogP contribution is 2.29. The van der Waals surface area contributed by atoms with Gasteiger partial charge in [0.2, 0.25) is 5.90 Å². The lowest BCUT2D eigenvalue weighted by molar-refractivity contribution is 0.0459. The van der Waals surface area contributed by atoms with Gasteiger partial charge in [0.1, 0.15) is 17.7 Å². The second-order valence-corrected chi connectivity index (χ2v) is 7.48. The standard InChI is InChI=1S/C15H27N3O3/c1-13(2,3)21-12(19)18-15(6-8-16-9-7-15)11-17-14(4,5)10-20-11/h16H,6-10H2,1-5H3,(H,18,19). The molecule has 2 aliphatic heterocycles. The van der Waals surface area contributed by atoms with Crippen molar-refractivity contribution in [2.24, 2.45) is 4.99 Å². The predicted octanol–water partition coefficient (Wildman–Crippen LogP) is 1.84. The number of nitrogens with one attached hydrogen (secondary N) is 2. The van der Waals surface area contributed by atoms with Crippen molar-refractivity contribution in [1.82, 2.24) is 10.6 Å². The van der Waals surface area contributed by atoms with E-state index in [-0.39, 0.29) is 5.54 Å². The zero-order valence-electron chi connectivity index (χ0n) is 13.7. The molecule has 1 saturated heterocycles. The number of hydrogen-bond acceptors (Lipinski definition) is 5. The maximum Gasteiger partial charge on any atom is 0.408 e. The van der Waals surface area contributed by atoms with Gasteiger partial charge in [0.25, 0.3) is 0 Å². The molecule has 0 radical (unpaired) electrons. The molecular weight excluding hydrogens is 270 g/mol. The molecule has 21 heavy (non-hydrogen) atoms. The number of ether oxygens (including phenoxy) is 2. The van der Waals surface area contributed by atoms with Crippen molar-refractivity contribution >= 4 is 12.0 Å². The van der Waals surface area contributed by atoms with E-state index in [1.165, 1.54) is 0 Å². The van der Waals surface area contributed by atoms with Gasteiger partial charge >= 0.3 is 6.09 Å². The van der Waals surface area contributed by atoms with Gasteiger partial charge in [0.05, 0.1) is 5.54 Å². The van der Waals surface area contributed by atoms with E-state index in [2.05, 4.69) is 15.6 Å². The van der Waals surface area contributed by atoms with Crippen molar-refractivity contribution in [2.45, 2.75) is 64.1 Å². The zero-order chi connectivity index (χ0) is 15.7. The Balaban J connectivity index is 2.17. The van der Waals surface area contributed by atoms with Crippen LogP contribution in [0, 0.1) is 0 Å². The van der Waals surface area contributed by atoms with Crippen LogP contribution >= 0.6 is 0 Å². The van der Waals surface area contributed by atoms with Crippen LogP contribution in [0.15, 0.2) is 4.99 Å². The fourth-order valence-corrected chi connectivity index (χ4v) is 2.57. The summed E-state index contributed by atoms with van der Waals surface area (Å²) in [6, 6.07) is 0. The summed E-state index contributed by atoms with van der Waals surface area (Å²) in [4.78, 5) is 16.8. The minimum atomic E-state index is -0.554. The van der Waals surface area contributed by atoms with E-state index < -0.39 is 17.2 Å². The summed E-state index contributed by atoms with van der Waals surface area (Å²) in [5.41, 5.74) is -1.31. The smallest absolute Gasteiger partial charge is 0.408 e. The van der Waals surface area contributed by atoms with Crippen LogP contribution in [0.1, 0.15) is 47.5 Å². The highest BCUT2D eigenvalue weighted by molar-refractivity contribution is 5.91. The van der Waals surface area contributed by atoms with E-state index in [4.69, 9.17) is 9.47 Å². The molecule has 0 spiro atoms. The summed E-state index contributed by atoms with van der Waals surface area (Å²) in [6.07, 6.45) is 1.09. The SMILES string of the molecule is CC1(C)COC(C2(NC(=O)OC(C)(C)C)CCNCC2)=N1. The van der Waals surface area contributed by atoms with Crippen LogP contribution in [0.4, 0.5) is 4.79 Å². The van der Waals surface area contributed by atoms with Crippen molar-refractivity contribution in [1.29, 1.82) is 0 Å². The largest absolute Gasteiger partial charge is 0.477 e. The average molecular weight is 297 g/mol. The van der Waals surface area contributed by atoms with Gasteiger partial charge in [-0.2, -0.15) is 0 Å². The molecule has 2 rings (SSSR count). The Bertz CT molecular complexity index is 432. The van der Waals surface area contributed by atoms with Crippen LogP contribution in [0.3, 0.4) is 0 Å². The van der Waals surface area contributed by atoms with Crippen LogP contribution in [-0.4, -0.2) is 48.4 Å². The summed E-state index contributed by atoms with van der Waals surface area (Å²) in [7, 11) is 0. The lowest BCUT2D eigenvalue weighted by Gasteiger charge is -2.37. The van der Waals surface area contributed by atoms with Crippen LogP contribution in [0.5, 0.6) is 0 Å². The van der Waals surface area contributed by atoms with Crippen LogP contribution in [-0.2, 0) is 9.47 Å². The number of nitrogens with zero attached hydrogens (tertiary/aromatic N) is 1. The van der Waals surface area contributed by atoms with Gasteiger partial charge in [0, 0.05) is 0 Å². The molecule has 0 aromatic rings. The summed E-state index contributed by atoms with van der Waals surface area (Å²) in [6.45, 7) is 11.8. The molecular formula is C15H27N3O3. The Morgan fingerprint density at radius 2 is 1.95 bits per heavy atom. The quantitative estimate of drug-likeness (QED) is 0.816. The summed E-state index contributed by atoms with van der Waals surface area (Å²) < 4.78 is 11.2. The predicted molar refractivity (Wildman–Crippen MR) is 81.7 cm³/mol. The van der Waals surface area contributed by atoms with Gasteiger partial charge in [-0.05, 0) is 60.5 Å². The molecule has 120 valence electrons. The number of piperidine rings is 1. The summed E-state index contributed by atoms with van der Waals surface area (Å²) in [5.74, 6) is 0.639. The number of rotatable bonds is 2.